The standard InChI is InChI=1S/C20H16N6O4S/c1-12(31-14-8-6-13(7-9-14)26(29)30)19(27)24-16-4-2-3-5-17(16)25-18-15(10-23-25)20(28)22-11-21-18/h2-12H,1H3,(H,24,27)(H,21,22,28). The second-order valence-corrected chi connectivity index (χ2v) is 7.96. The van der Waals surface area contributed by atoms with Crippen LogP contribution < -0.4 is 10.9 Å². The lowest BCUT2D eigenvalue weighted by molar-refractivity contribution is -0.384. The van der Waals surface area contributed by atoms with Crippen LogP contribution in [0.3, 0.4) is 0 Å². The third-order valence-electron chi connectivity index (χ3n) is 4.49. The first-order chi connectivity index (χ1) is 14.9. The largest absolute Gasteiger partial charge is 0.323 e. The van der Waals surface area contributed by atoms with Gasteiger partial charge in [-0.2, -0.15) is 5.10 Å². The zero-order valence-corrected chi connectivity index (χ0v) is 17.0. The van der Waals surface area contributed by atoms with Crippen LogP contribution >= 0.6 is 11.8 Å². The van der Waals surface area contributed by atoms with Crippen molar-refractivity contribution >= 4 is 40.1 Å². The summed E-state index contributed by atoms with van der Waals surface area (Å²) in [6.07, 6.45) is 2.72. The van der Waals surface area contributed by atoms with Crippen molar-refractivity contribution in [2.45, 2.75) is 17.1 Å². The molecule has 2 heterocycles. The number of anilines is 1. The van der Waals surface area contributed by atoms with Crippen molar-refractivity contribution in [1.29, 1.82) is 0 Å². The Morgan fingerprint density at radius 3 is 2.71 bits per heavy atom. The van der Waals surface area contributed by atoms with E-state index in [0.717, 1.165) is 4.90 Å². The van der Waals surface area contributed by atoms with E-state index in [1.807, 2.05) is 0 Å². The molecular weight excluding hydrogens is 420 g/mol. The SMILES string of the molecule is CC(Sc1ccc([N+](=O)[O-])cc1)C(=O)Nc1ccccc1-n1ncc2c(=O)[nH]cnc21. The van der Waals surface area contributed by atoms with Crippen LogP contribution in [0, 0.1) is 10.1 Å². The van der Waals surface area contributed by atoms with E-state index in [-0.39, 0.29) is 17.2 Å². The Kier molecular flexibility index (Phi) is 5.50. The molecule has 0 aliphatic carbocycles. The lowest BCUT2D eigenvalue weighted by Gasteiger charge is -2.15. The van der Waals surface area contributed by atoms with Crippen LogP contribution in [-0.4, -0.2) is 35.8 Å². The first kappa shape index (κ1) is 20.3. The van der Waals surface area contributed by atoms with Gasteiger partial charge in [-0.05, 0) is 31.2 Å². The number of aromatic amines is 1. The van der Waals surface area contributed by atoms with Crippen molar-refractivity contribution in [3.05, 3.63) is 81.5 Å². The number of H-pyrrole nitrogens is 1. The molecule has 0 radical (unpaired) electrons. The van der Waals surface area contributed by atoms with Gasteiger partial charge >= 0.3 is 0 Å². The zero-order valence-electron chi connectivity index (χ0n) is 16.2. The summed E-state index contributed by atoms with van der Waals surface area (Å²) in [7, 11) is 0. The van der Waals surface area contributed by atoms with Crippen LogP contribution in [-0.2, 0) is 4.79 Å². The lowest BCUT2D eigenvalue weighted by atomic mass is 10.2. The maximum Gasteiger partial charge on any atom is 0.269 e. The number of amides is 1. The minimum Gasteiger partial charge on any atom is -0.323 e. The molecule has 2 aromatic carbocycles. The van der Waals surface area contributed by atoms with Crippen molar-refractivity contribution in [1.82, 2.24) is 19.7 Å². The number of non-ortho nitro benzene ring substituents is 1. The number of nitro groups is 1. The summed E-state index contributed by atoms with van der Waals surface area (Å²) < 4.78 is 1.49. The predicted molar refractivity (Wildman–Crippen MR) is 117 cm³/mol. The smallest absolute Gasteiger partial charge is 0.269 e. The van der Waals surface area contributed by atoms with Gasteiger partial charge < -0.3 is 10.3 Å². The third-order valence-corrected chi connectivity index (χ3v) is 5.60. The van der Waals surface area contributed by atoms with Crippen molar-refractivity contribution in [2.24, 2.45) is 0 Å². The number of carbonyl (C=O) groups is 1. The average Bonchev–Trinajstić information content (AvgIpc) is 3.20. The van der Waals surface area contributed by atoms with E-state index in [2.05, 4.69) is 20.4 Å². The van der Waals surface area contributed by atoms with Crippen molar-refractivity contribution in [2.75, 3.05) is 5.32 Å². The highest BCUT2D eigenvalue weighted by molar-refractivity contribution is 8.00. The number of nitrogens with zero attached hydrogens (tertiary/aromatic N) is 4. The topological polar surface area (TPSA) is 136 Å². The number of benzene rings is 2. The van der Waals surface area contributed by atoms with Gasteiger partial charge in [-0.25, -0.2) is 9.67 Å². The van der Waals surface area contributed by atoms with Crippen molar-refractivity contribution in [3.8, 4) is 5.69 Å². The monoisotopic (exact) mass is 436 g/mol. The molecule has 0 saturated carbocycles. The minimum absolute atomic E-state index is 0.00530. The quantitative estimate of drug-likeness (QED) is 0.269. The fourth-order valence-electron chi connectivity index (χ4n) is 2.93. The molecule has 10 nitrogen and oxygen atoms in total. The van der Waals surface area contributed by atoms with Crippen LogP contribution in [0.1, 0.15) is 6.92 Å². The van der Waals surface area contributed by atoms with Crippen molar-refractivity contribution in [3.63, 3.8) is 0 Å². The molecule has 0 saturated heterocycles. The molecule has 1 amide bonds. The number of nitrogens with one attached hydrogen (secondary N) is 2. The Bertz CT molecular complexity index is 1330. The Labute approximate surface area is 179 Å². The van der Waals surface area contributed by atoms with E-state index < -0.39 is 10.2 Å². The van der Waals surface area contributed by atoms with Gasteiger partial charge in [0.25, 0.3) is 11.2 Å². The van der Waals surface area contributed by atoms with Gasteiger partial charge in [0.05, 0.1) is 34.1 Å². The summed E-state index contributed by atoms with van der Waals surface area (Å²) in [5.74, 6) is -0.252. The van der Waals surface area contributed by atoms with Gasteiger partial charge in [0, 0.05) is 17.0 Å². The van der Waals surface area contributed by atoms with Crippen LogP contribution in [0.25, 0.3) is 16.7 Å². The minimum atomic E-state index is -0.469. The fraction of sp³-hybridized carbons (Fsp3) is 0.100. The number of aromatic nitrogens is 4. The van der Waals surface area contributed by atoms with E-state index >= 15 is 0 Å². The molecule has 0 aliphatic heterocycles. The van der Waals surface area contributed by atoms with Crippen LogP contribution in [0.2, 0.25) is 0 Å². The summed E-state index contributed by atoms with van der Waals surface area (Å²) in [4.78, 5) is 42.5. The molecular formula is C20H16N6O4S. The van der Waals surface area contributed by atoms with Crippen molar-refractivity contribution < 1.29 is 9.72 Å². The molecule has 11 heteroatoms. The Balaban J connectivity index is 1.55. The highest BCUT2D eigenvalue weighted by atomic mass is 32.2. The number of hydrogen-bond acceptors (Lipinski definition) is 7. The fourth-order valence-corrected chi connectivity index (χ4v) is 3.80. The normalized spacial score (nSPS) is 11.9. The number of nitro benzene ring substituents is 1. The second kappa shape index (κ2) is 8.40. The maximum atomic E-state index is 12.8. The van der Waals surface area contributed by atoms with Crippen LogP contribution in [0.4, 0.5) is 11.4 Å². The zero-order chi connectivity index (χ0) is 22.0. The first-order valence-electron chi connectivity index (χ1n) is 9.17. The van der Waals surface area contributed by atoms with E-state index in [9.17, 15) is 19.7 Å². The Morgan fingerprint density at radius 1 is 1.23 bits per heavy atom. The molecule has 4 rings (SSSR count). The summed E-state index contributed by atoms with van der Waals surface area (Å²) in [6, 6.07) is 13.1. The molecule has 0 bridgehead atoms. The Hall–Kier alpha value is -3.99. The molecule has 2 aromatic heterocycles. The number of rotatable bonds is 6. The number of fused-ring (bicyclic) bond motifs is 1. The molecule has 31 heavy (non-hydrogen) atoms. The average molecular weight is 436 g/mol. The van der Waals surface area contributed by atoms with E-state index in [0.29, 0.717) is 22.4 Å². The number of para-hydroxylation sites is 2. The van der Waals surface area contributed by atoms with E-state index in [4.69, 9.17) is 0 Å². The summed E-state index contributed by atoms with van der Waals surface area (Å²) >= 11 is 1.28. The maximum absolute atomic E-state index is 12.8. The van der Waals surface area contributed by atoms with Crippen LogP contribution in [0.5, 0.6) is 0 Å². The molecule has 0 spiro atoms. The Morgan fingerprint density at radius 2 is 1.97 bits per heavy atom. The molecule has 0 aliphatic rings. The van der Waals surface area contributed by atoms with Gasteiger partial charge in [0.1, 0.15) is 5.39 Å². The summed E-state index contributed by atoms with van der Waals surface area (Å²) in [5.41, 5.74) is 1.14. The summed E-state index contributed by atoms with van der Waals surface area (Å²) in [6.45, 7) is 1.74. The molecule has 2 N–H and O–H groups in total. The highest BCUT2D eigenvalue weighted by Crippen LogP contribution is 2.27. The lowest BCUT2D eigenvalue weighted by Crippen LogP contribution is -2.23. The summed E-state index contributed by atoms with van der Waals surface area (Å²) in [5, 5.41) is 17.8. The molecule has 0 fully saturated rings. The first-order valence-corrected chi connectivity index (χ1v) is 10.0. The van der Waals surface area contributed by atoms with E-state index in [1.54, 1.807) is 43.3 Å². The van der Waals surface area contributed by atoms with Gasteiger partial charge in [-0.1, -0.05) is 12.1 Å². The predicted octanol–water partition coefficient (Wildman–Crippen LogP) is 3.14. The van der Waals surface area contributed by atoms with Gasteiger partial charge in [0.2, 0.25) is 5.91 Å². The molecule has 156 valence electrons. The van der Waals surface area contributed by atoms with Crippen LogP contribution in [0.15, 0.2) is 70.7 Å². The molecule has 1 atom stereocenters. The third kappa shape index (κ3) is 4.16. The number of thioether (sulfide) groups is 1. The van der Waals surface area contributed by atoms with Gasteiger partial charge in [-0.15, -0.1) is 11.8 Å². The van der Waals surface area contributed by atoms with Gasteiger partial charge in [-0.3, -0.25) is 19.7 Å². The molecule has 1 unspecified atom stereocenters. The highest BCUT2D eigenvalue weighted by Gasteiger charge is 2.18. The molecule has 4 aromatic rings. The van der Waals surface area contributed by atoms with E-state index in [1.165, 1.54) is 41.1 Å². The second-order valence-electron chi connectivity index (χ2n) is 6.54. The van der Waals surface area contributed by atoms with Gasteiger partial charge in [0.15, 0.2) is 5.65 Å². The number of carbonyl (C=O) groups excluding carboxylic acids is 1. The number of hydrogen-bond donors (Lipinski definition) is 2.